The maximum Gasteiger partial charge on any atom is 0.0701 e. The van der Waals surface area contributed by atoms with Crippen LogP contribution in [0.25, 0.3) is 0 Å². The zero-order chi connectivity index (χ0) is 19.7. The van der Waals surface area contributed by atoms with Crippen LogP contribution >= 0.6 is 0 Å². The summed E-state index contributed by atoms with van der Waals surface area (Å²) in [6, 6.07) is 0. The summed E-state index contributed by atoms with van der Waals surface area (Å²) in [6.45, 7) is 4.30. The fraction of sp³-hybridized carbons (Fsp3) is 1.00. The van der Waals surface area contributed by atoms with Crippen molar-refractivity contribution in [1.29, 1.82) is 0 Å². The number of aliphatic hydroxyl groups is 2. The lowest BCUT2D eigenvalue weighted by Crippen LogP contribution is -2.27. The second-order valence-corrected chi connectivity index (χ2v) is 7.45. The van der Waals surface area contributed by atoms with Gasteiger partial charge in [0.05, 0.1) is 50.8 Å². The number of hydrogen-bond acceptors (Lipinski definition) is 6. The molecule has 0 heterocycles. The molecule has 6 nitrogen and oxygen atoms in total. The van der Waals surface area contributed by atoms with Crippen molar-refractivity contribution in [2.24, 2.45) is 0 Å². The zero-order valence-corrected chi connectivity index (χ0v) is 17.4. The Kier molecular flexibility index (Phi) is 15.3. The molecule has 0 unspecified atom stereocenters. The Balaban J connectivity index is 0.000000277. The third kappa shape index (κ3) is 12.0. The minimum Gasteiger partial charge on any atom is -0.394 e. The van der Waals surface area contributed by atoms with Crippen LogP contribution < -0.4 is 0 Å². The van der Waals surface area contributed by atoms with Crippen LogP contribution in [0.5, 0.6) is 0 Å². The van der Waals surface area contributed by atoms with Gasteiger partial charge in [-0.3, -0.25) is 0 Å². The Hall–Kier alpha value is -0.240. The highest BCUT2D eigenvalue weighted by molar-refractivity contribution is 4.73. The molecule has 0 bridgehead atoms. The first-order chi connectivity index (χ1) is 13.2. The van der Waals surface area contributed by atoms with Crippen LogP contribution in [0.15, 0.2) is 0 Å². The Morgan fingerprint density at radius 3 is 1.33 bits per heavy atom. The molecule has 2 fully saturated rings. The summed E-state index contributed by atoms with van der Waals surface area (Å²) in [7, 11) is 1.76. The van der Waals surface area contributed by atoms with Gasteiger partial charge in [-0.2, -0.15) is 0 Å². The maximum atomic E-state index is 8.64. The predicted octanol–water partition coefficient (Wildman–Crippen LogP) is 3.08. The molecule has 0 radical (unpaired) electrons. The Morgan fingerprint density at radius 2 is 1.00 bits per heavy atom. The third-order valence-corrected chi connectivity index (χ3v) is 5.32. The molecule has 2 aliphatic carbocycles. The topological polar surface area (TPSA) is 77.4 Å². The SMILES string of the molecule is CCCCOC1CCC(OCCO)CC1.COC1CCC(OCCO)CC1. The van der Waals surface area contributed by atoms with Gasteiger partial charge >= 0.3 is 0 Å². The molecule has 0 aliphatic heterocycles. The Morgan fingerprint density at radius 1 is 0.630 bits per heavy atom. The molecule has 6 heteroatoms. The highest BCUT2D eigenvalue weighted by Gasteiger charge is 2.22. The van der Waals surface area contributed by atoms with Crippen LogP contribution in [0, 0.1) is 0 Å². The third-order valence-electron chi connectivity index (χ3n) is 5.32. The van der Waals surface area contributed by atoms with E-state index in [1.807, 2.05) is 0 Å². The number of ether oxygens (including phenoxy) is 4. The summed E-state index contributed by atoms with van der Waals surface area (Å²) in [6.07, 6.45) is 12.6. The molecule has 162 valence electrons. The van der Waals surface area contributed by atoms with E-state index in [2.05, 4.69) is 6.92 Å². The summed E-state index contributed by atoms with van der Waals surface area (Å²) in [4.78, 5) is 0. The van der Waals surface area contributed by atoms with Gasteiger partial charge < -0.3 is 29.2 Å². The average Bonchev–Trinajstić information content (AvgIpc) is 2.72. The van der Waals surface area contributed by atoms with E-state index < -0.39 is 0 Å². The van der Waals surface area contributed by atoms with Crippen LogP contribution in [-0.2, 0) is 18.9 Å². The molecule has 2 aliphatic rings. The van der Waals surface area contributed by atoms with Gasteiger partial charge in [-0.15, -0.1) is 0 Å². The maximum absolute atomic E-state index is 8.64. The van der Waals surface area contributed by atoms with E-state index in [1.165, 1.54) is 12.8 Å². The van der Waals surface area contributed by atoms with Gasteiger partial charge in [-0.05, 0) is 57.8 Å². The van der Waals surface area contributed by atoms with Crippen molar-refractivity contribution in [3.8, 4) is 0 Å². The van der Waals surface area contributed by atoms with E-state index in [9.17, 15) is 0 Å². The minimum atomic E-state index is 0.129. The van der Waals surface area contributed by atoms with Crippen molar-refractivity contribution in [1.82, 2.24) is 0 Å². The van der Waals surface area contributed by atoms with Crippen molar-refractivity contribution < 1.29 is 29.2 Å². The highest BCUT2D eigenvalue weighted by atomic mass is 16.5. The molecule has 0 saturated heterocycles. The molecule has 2 rings (SSSR count). The lowest BCUT2D eigenvalue weighted by Gasteiger charge is -2.28. The summed E-state index contributed by atoms with van der Waals surface area (Å²) in [5, 5.41) is 17.2. The van der Waals surface area contributed by atoms with Crippen LogP contribution in [0.3, 0.4) is 0 Å². The molecular formula is C21H42O6. The molecule has 2 saturated carbocycles. The molecule has 0 atom stereocenters. The number of unbranched alkanes of at least 4 members (excludes halogenated alkanes) is 1. The van der Waals surface area contributed by atoms with Gasteiger partial charge in [0.25, 0.3) is 0 Å². The first kappa shape index (κ1) is 24.8. The minimum absolute atomic E-state index is 0.129. The largest absolute Gasteiger partial charge is 0.394 e. The quantitative estimate of drug-likeness (QED) is 0.528. The van der Waals surface area contributed by atoms with Crippen molar-refractivity contribution in [2.45, 2.75) is 95.5 Å². The molecular weight excluding hydrogens is 348 g/mol. The van der Waals surface area contributed by atoms with Crippen molar-refractivity contribution in [3.63, 3.8) is 0 Å². The van der Waals surface area contributed by atoms with E-state index in [-0.39, 0.29) is 13.2 Å². The summed E-state index contributed by atoms with van der Waals surface area (Å²) >= 11 is 0. The fourth-order valence-electron chi connectivity index (χ4n) is 3.63. The normalized spacial score (nSPS) is 28.4. The molecule has 0 amide bonds. The van der Waals surface area contributed by atoms with E-state index in [0.29, 0.717) is 37.6 Å². The van der Waals surface area contributed by atoms with E-state index in [4.69, 9.17) is 29.2 Å². The summed E-state index contributed by atoms with van der Waals surface area (Å²) in [5.41, 5.74) is 0. The molecule has 2 N–H and O–H groups in total. The van der Waals surface area contributed by atoms with Crippen molar-refractivity contribution in [3.05, 3.63) is 0 Å². The van der Waals surface area contributed by atoms with Crippen molar-refractivity contribution >= 4 is 0 Å². The fourth-order valence-corrected chi connectivity index (χ4v) is 3.63. The van der Waals surface area contributed by atoms with E-state index in [0.717, 1.165) is 58.0 Å². The predicted molar refractivity (Wildman–Crippen MR) is 106 cm³/mol. The monoisotopic (exact) mass is 390 g/mol. The summed E-state index contributed by atoms with van der Waals surface area (Å²) < 4.78 is 21.9. The zero-order valence-electron chi connectivity index (χ0n) is 17.4. The van der Waals surface area contributed by atoms with Gasteiger partial charge in [-0.1, -0.05) is 13.3 Å². The molecule has 0 spiro atoms. The van der Waals surface area contributed by atoms with E-state index in [1.54, 1.807) is 7.11 Å². The number of rotatable bonds is 11. The van der Waals surface area contributed by atoms with Gasteiger partial charge in [0.2, 0.25) is 0 Å². The van der Waals surface area contributed by atoms with Crippen LogP contribution in [0.1, 0.15) is 71.1 Å². The smallest absolute Gasteiger partial charge is 0.0701 e. The van der Waals surface area contributed by atoms with E-state index >= 15 is 0 Å². The average molecular weight is 391 g/mol. The van der Waals surface area contributed by atoms with Gasteiger partial charge in [0.1, 0.15) is 0 Å². The lowest BCUT2D eigenvalue weighted by molar-refractivity contribution is -0.0387. The van der Waals surface area contributed by atoms with Crippen LogP contribution in [-0.4, -0.2) is 74.8 Å². The highest BCUT2D eigenvalue weighted by Crippen LogP contribution is 2.24. The molecule has 0 aromatic carbocycles. The first-order valence-corrected chi connectivity index (χ1v) is 10.8. The number of methoxy groups -OCH3 is 1. The standard InChI is InChI=1S/C12H24O3.C9H18O3/c1-2-3-9-14-11-4-6-12(7-5-11)15-10-8-13;1-11-8-2-4-9(5-3-8)12-7-6-10/h11-13H,2-10H2,1H3;8-10H,2-7H2,1H3. The van der Waals surface area contributed by atoms with Crippen molar-refractivity contribution in [2.75, 3.05) is 40.1 Å². The van der Waals surface area contributed by atoms with Gasteiger partial charge in [0.15, 0.2) is 0 Å². The second-order valence-electron chi connectivity index (χ2n) is 7.45. The van der Waals surface area contributed by atoms with Crippen LogP contribution in [0.4, 0.5) is 0 Å². The van der Waals surface area contributed by atoms with Gasteiger partial charge in [0, 0.05) is 13.7 Å². The molecule has 27 heavy (non-hydrogen) atoms. The molecule has 0 aromatic heterocycles. The Labute approximate surface area is 165 Å². The first-order valence-electron chi connectivity index (χ1n) is 10.8. The lowest BCUT2D eigenvalue weighted by atomic mass is 9.95. The Bertz CT molecular complexity index is 312. The molecule has 0 aromatic rings. The second kappa shape index (κ2) is 16.7. The summed E-state index contributed by atoms with van der Waals surface area (Å²) in [5.74, 6) is 0. The number of hydrogen-bond donors (Lipinski definition) is 2. The van der Waals surface area contributed by atoms with Gasteiger partial charge in [-0.25, -0.2) is 0 Å². The van der Waals surface area contributed by atoms with Crippen LogP contribution in [0.2, 0.25) is 0 Å². The number of aliphatic hydroxyl groups excluding tert-OH is 2.